The van der Waals surface area contributed by atoms with Crippen molar-refractivity contribution in [2.45, 2.75) is 18.2 Å². The minimum atomic E-state index is -0.508. The number of para-hydroxylation sites is 2. The molecular formula is C20H20BrFN4O3S. The molecule has 0 aliphatic rings. The average molecular weight is 495 g/mol. The number of hydrogen-bond donors (Lipinski definition) is 1. The molecule has 0 bridgehead atoms. The third-order valence-electron chi connectivity index (χ3n) is 4.14. The minimum absolute atomic E-state index is 0.0588. The Morgan fingerprint density at radius 1 is 1.27 bits per heavy atom. The van der Waals surface area contributed by atoms with Gasteiger partial charge in [-0.15, -0.1) is 10.2 Å². The second-order valence-corrected chi connectivity index (χ2v) is 8.13. The summed E-state index contributed by atoms with van der Waals surface area (Å²) < 4.78 is 27.5. The van der Waals surface area contributed by atoms with Crippen LogP contribution < -0.4 is 14.8 Å². The number of ether oxygens (including phenoxy) is 2. The van der Waals surface area contributed by atoms with Gasteiger partial charge in [0.05, 0.1) is 18.6 Å². The summed E-state index contributed by atoms with van der Waals surface area (Å²) in [6.07, 6.45) is -0.390. The molecule has 1 unspecified atom stereocenters. The first-order valence-electron chi connectivity index (χ1n) is 8.95. The van der Waals surface area contributed by atoms with Crippen LogP contribution in [0.4, 0.5) is 10.1 Å². The Hall–Kier alpha value is -2.59. The van der Waals surface area contributed by atoms with Gasteiger partial charge in [0.2, 0.25) is 5.91 Å². The molecule has 1 N–H and O–H groups in total. The summed E-state index contributed by atoms with van der Waals surface area (Å²) in [6, 6.07) is 11.8. The minimum Gasteiger partial charge on any atom is -0.493 e. The normalized spacial score (nSPS) is 11.8. The predicted molar refractivity (Wildman–Crippen MR) is 116 cm³/mol. The highest BCUT2D eigenvalue weighted by molar-refractivity contribution is 9.10. The molecule has 1 aromatic heterocycles. The van der Waals surface area contributed by atoms with Crippen LogP contribution in [0.5, 0.6) is 11.5 Å². The van der Waals surface area contributed by atoms with E-state index in [1.54, 1.807) is 24.8 Å². The van der Waals surface area contributed by atoms with Gasteiger partial charge < -0.3 is 19.4 Å². The third kappa shape index (κ3) is 5.31. The fourth-order valence-electron chi connectivity index (χ4n) is 2.67. The largest absolute Gasteiger partial charge is 0.493 e. The SMILES string of the molecule is COc1ccccc1OC(C)c1nnc(SCC(=O)Nc2ccc(Br)cc2F)n1C. The number of halogens is 2. The summed E-state index contributed by atoms with van der Waals surface area (Å²) >= 11 is 4.38. The van der Waals surface area contributed by atoms with E-state index in [1.165, 1.54) is 23.9 Å². The molecule has 1 amide bonds. The van der Waals surface area contributed by atoms with Gasteiger partial charge >= 0.3 is 0 Å². The van der Waals surface area contributed by atoms with E-state index >= 15 is 0 Å². The summed E-state index contributed by atoms with van der Waals surface area (Å²) in [5.41, 5.74) is 0.126. The molecule has 0 saturated carbocycles. The van der Waals surface area contributed by atoms with Crippen LogP contribution in [0.3, 0.4) is 0 Å². The molecule has 7 nitrogen and oxygen atoms in total. The molecule has 30 heavy (non-hydrogen) atoms. The fourth-order valence-corrected chi connectivity index (χ4v) is 3.72. The zero-order chi connectivity index (χ0) is 21.7. The van der Waals surface area contributed by atoms with Crippen molar-refractivity contribution in [3.8, 4) is 11.5 Å². The summed E-state index contributed by atoms with van der Waals surface area (Å²) in [5, 5.41) is 11.4. The molecule has 3 rings (SSSR count). The van der Waals surface area contributed by atoms with Crippen molar-refractivity contribution in [1.29, 1.82) is 0 Å². The number of carbonyl (C=O) groups is 1. The second kappa shape index (κ2) is 9.94. The van der Waals surface area contributed by atoms with Gasteiger partial charge in [-0.1, -0.05) is 39.8 Å². The van der Waals surface area contributed by atoms with Crippen LogP contribution in [-0.4, -0.2) is 33.5 Å². The molecule has 0 aliphatic carbocycles. The summed E-state index contributed by atoms with van der Waals surface area (Å²) in [6.45, 7) is 1.86. The lowest BCUT2D eigenvalue weighted by Gasteiger charge is -2.16. The Kier molecular flexibility index (Phi) is 7.33. The Morgan fingerprint density at radius 2 is 2.00 bits per heavy atom. The zero-order valence-electron chi connectivity index (χ0n) is 16.6. The van der Waals surface area contributed by atoms with Gasteiger partial charge in [-0.25, -0.2) is 4.39 Å². The first-order valence-corrected chi connectivity index (χ1v) is 10.7. The molecule has 0 saturated heterocycles. The van der Waals surface area contributed by atoms with E-state index < -0.39 is 5.82 Å². The van der Waals surface area contributed by atoms with Gasteiger partial charge in [0.1, 0.15) is 5.82 Å². The number of nitrogens with one attached hydrogen (secondary N) is 1. The number of hydrogen-bond acceptors (Lipinski definition) is 6. The van der Waals surface area contributed by atoms with Crippen LogP contribution in [0.15, 0.2) is 52.1 Å². The molecule has 158 valence electrons. The maximum absolute atomic E-state index is 13.9. The summed E-state index contributed by atoms with van der Waals surface area (Å²) in [5.74, 6) is 1.03. The van der Waals surface area contributed by atoms with E-state index in [-0.39, 0.29) is 23.5 Å². The molecule has 0 fully saturated rings. The molecule has 1 atom stereocenters. The number of nitrogens with zero attached hydrogens (tertiary/aromatic N) is 3. The number of benzene rings is 2. The van der Waals surface area contributed by atoms with Crippen molar-refractivity contribution in [2.24, 2.45) is 7.05 Å². The lowest BCUT2D eigenvalue weighted by Crippen LogP contribution is -2.15. The van der Waals surface area contributed by atoms with E-state index in [2.05, 4.69) is 31.4 Å². The van der Waals surface area contributed by atoms with E-state index in [4.69, 9.17) is 9.47 Å². The van der Waals surface area contributed by atoms with Gasteiger partial charge in [-0.3, -0.25) is 4.79 Å². The van der Waals surface area contributed by atoms with Crippen LogP contribution in [0.1, 0.15) is 18.9 Å². The van der Waals surface area contributed by atoms with Crippen molar-refractivity contribution in [3.63, 3.8) is 0 Å². The van der Waals surface area contributed by atoms with Crippen LogP contribution in [0.2, 0.25) is 0 Å². The number of aromatic nitrogens is 3. The van der Waals surface area contributed by atoms with E-state index in [1.807, 2.05) is 31.2 Å². The molecule has 3 aromatic rings. The third-order valence-corrected chi connectivity index (χ3v) is 5.66. The maximum atomic E-state index is 13.9. The van der Waals surface area contributed by atoms with Gasteiger partial charge in [0, 0.05) is 11.5 Å². The smallest absolute Gasteiger partial charge is 0.234 e. The molecular weight excluding hydrogens is 475 g/mol. The molecule has 10 heteroatoms. The molecule has 0 spiro atoms. The number of thioether (sulfide) groups is 1. The molecule has 0 aliphatic heterocycles. The Morgan fingerprint density at radius 3 is 2.70 bits per heavy atom. The lowest BCUT2D eigenvalue weighted by molar-refractivity contribution is -0.113. The predicted octanol–water partition coefficient (Wildman–Crippen LogP) is 4.60. The number of rotatable bonds is 8. The lowest BCUT2D eigenvalue weighted by atomic mass is 10.3. The van der Waals surface area contributed by atoms with Crippen molar-refractivity contribution in [2.75, 3.05) is 18.2 Å². The Labute approximate surface area is 186 Å². The first-order chi connectivity index (χ1) is 14.4. The topological polar surface area (TPSA) is 78.3 Å². The number of anilines is 1. The number of carbonyl (C=O) groups excluding carboxylic acids is 1. The highest BCUT2D eigenvalue weighted by atomic mass is 79.9. The molecule has 0 radical (unpaired) electrons. The fraction of sp³-hybridized carbons (Fsp3) is 0.250. The quantitative estimate of drug-likeness (QED) is 0.461. The van der Waals surface area contributed by atoms with E-state index in [0.717, 1.165) is 0 Å². The van der Waals surface area contributed by atoms with Crippen molar-refractivity contribution >= 4 is 39.3 Å². The maximum Gasteiger partial charge on any atom is 0.234 e. The van der Waals surface area contributed by atoms with Crippen LogP contribution in [-0.2, 0) is 11.8 Å². The van der Waals surface area contributed by atoms with Gasteiger partial charge in [-0.2, -0.15) is 0 Å². The summed E-state index contributed by atoms with van der Waals surface area (Å²) in [7, 11) is 3.38. The monoisotopic (exact) mass is 494 g/mol. The Balaban J connectivity index is 1.61. The second-order valence-electron chi connectivity index (χ2n) is 6.27. The number of methoxy groups -OCH3 is 1. The Bertz CT molecular complexity index is 1050. The molecule has 2 aromatic carbocycles. The molecule has 1 heterocycles. The van der Waals surface area contributed by atoms with Crippen LogP contribution in [0.25, 0.3) is 0 Å². The summed E-state index contributed by atoms with van der Waals surface area (Å²) in [4.78, 5) is 12.2. The average Bonchev–Trinajstić information content (AvgIpc) is 3.09. The van der Waals surface area contributed by atoms with E-state index in [0.29, 0.717) is 27.0 Å². The highest BCUT2D eigenvalue weighted by Crippen LogP contribution is 2.30. The van der Waals surface area contributed by atoms with Gasteiger partial charge in [0.15, 0.2) is 28.6 Å². The van der Waals surface area contributed by atoms with Gasteiger partial charge in [-0.05, 0) is 37.3 Å². The first kappa shape index (κ1) is 22.1. The van der Waals surface area contributed by atoms with Crippen molar-refractivity contribution in [1.82, 2.24) is 14.8 Å². The van der Waals surface area contributed by atoms with Crippen molar-refractivity contribution < 1.29 is 18.7 Å². The van der Waals surface area contributed by atoms with E-state index in [9.17, 15) is 9.18 Å². The van der Waals surface area contributed by atoms with Crippen LogP contribution >= 0.6 is 27.7 Å². The van der Waals surface area contributed by atoms with Gasteiger partial charge in [0.25, 0.3) is 0 Å². The van der Waals surface area contributed by atoms with Crippen molar-refractivity contribution in [3.05, 3.63) is 58.6 Å². The standard InChI is InChI=1S/C20H20BrFN4O3S/c1-12(29-17-7-5-4-6-16(17)28-3)19-24-25-20(26(19)2)30-11-18(27)23-15-9-8-13(21)10-14(15)22/h4-10,12H,11H2,1-3H3,(H,23,27). The number of amides is 1. The highest BCUT2D eigenvalue weighted by Gasteiger charge is 2.19. The van der Waals surface area contributed by atoms with Crippen LogP contribution in [0, 0.1) is 5.82 Å². The zero-order valence-corrected chi connectivity index (χ0v) is 19.0.